The van der Waals surface area contributed by atoms with Gasteiger partial charge in [-0.3, -0.25) is 0 Å². The van der Waals surface area contributed by atoms with Crippen molar-refractivity contribution in [2.24, 2.45) is 5.92 Å². The van der Waals surface area contributed by atoms with Crippen LogP contribution in [0.15, 0.2) is 48.5 Å². The Labute approximate surface area is 205 Å². The van der Waals surface area contributed by atoms with Crippen LogP contribution in [0.2, 0.25) is 10.0 Å². The lowest BCUT2D eigenvalue weighted by molar-refractivity contribution is -0.140. The van der Waals surface area contributed by atoms with Crippen molar-refractivity contribution in [3.05, 3.63) is 69.7 Å². The molecular weight excluding hydrogens is 461 g/mol. The van der Waals surface area contributed by atoms with Crippen LogP contribution in [0.1, 0.15) is 69.6 Å². The van der Waals surface area contributed by atoms with Crippen molar-refractivity contribution in [3.63, 3.8) is 0 Å². The van der Waals surface area contributed by atoms with Crippen molar-refractivity contribution in [2.45, 2.75) is 69.9 Å². The Hall–Kier alpha value is -2.24. The molecule has 0 radical (unpaired) electrons. The molecule has 0 spiro atoms. The second kappa shape index (κ2) is 11.3. The normalized spacial score (nSPS) is 16.6. The number of alkyl carbamates (subject to hydrolysis) is 1. The number of halogens is 2. The smallest absolute Gasteiger partial charge is 0.408 e. The highest BCUT2D eigenvalue weighted by Crippen LogP contribution is 2.40. The molecule has 2 N–H and O–H groups in total. The second-order valence-electron chi connectivity index (χ2n) is 9.34. The van der Waals surface area contributed by atoms with Crippen molar-refractivity contribution >= 4 is 35.3 Å². The van der Waals surface area contributed by atoms with Gasteiger partial charge in [0.1, 0.15) is 12.1 Å². The van der Waals surface area contributed by atoms with Crippen molar-refractivity contribution in [1.29, 1.82) is 0 Å². The van der Waals surface area contributed by atoms with Crippen LogP contribution < -0.4 is 5.32 Å². The average molecular weight is 492 g/mol. The van der Waals surface area contributed by atoms with E-state index in [-0.39, 0.29) is 0 Å². The van der Waals surface area contributed by atoms with Crippen molar-refractivity contribution < 1.29 is 19.4 Å². The summed E-state index contributed by atoms with van der Waals surface area (Å²) in [6, 6.07) is 13.5. The lowest BCUT2D eigenvalue weighted by Crippen LogP contribution is -2.44. The number of carbonyl (C=O) groups is 2. The first-order chi connectivity index (χ1) is 15.7. The number of hydrogen-bond acceptors (Lipinski definition) is 3. The maximum Gasteiger partial charge on any atom is 0.408 e. The van der Waals surface area contributed by atoms with Gasteiger partial charge < -0.3 is 15.2 Å². The number of benzene rings is 2. The van der Waals surface area contributed by atoms with Crippen LogP contribution in [0.5, 0.6) is 0 Å². The fraction of sp³-hybridized carbons (Fsp3) is 0.462. The quantitative estimate of drug-likeness (QED) is 0.410. The largest absolute Gasteiger partial charge is 0.480 e. The standard InChI is InChI=1S/C26H31Cl2NO4/c1-26(2,19-9-6-10-21(28)16-19)23(18-11-13-20(27)14-12-18)33-25(32)29-22(24(30)31)15-17-7-4-3-5-8-17/h6,9-14,16-17,22-23H,3-5,7-8,15H2,1-2H3,(H,29,32)(H,30,31). The molecule has 0 saturated heterocycles. The average Bonchev–Trinajstić information content (AvgIpc) is 2.78. The molecule has 0 heterocycles. The molecule has 1 amide bonds. The first kappa shape index (κ1) is 25.4. The van der Waals surface area contributed by atoms with E-state index in [0.717, 1.165) is 36.8 Å². The SMILES string of the molecule is CC(C)(c1cccc(Cl)c1)C(OC(=O)NC(CC1CCCCC1)C(=O)O)c1ccc(Cl)cc1. The summed E-state index contributed by atoms with van der Waals surface area (Å²) in [6.07, 6.45) is 4.34. The third-order valence-electron chi connectivity index (χ3n) is 6.51. The van der Waals surface area contributed by atoms with E-state index in [1.807, 2.05) is 44.2 Å². The molecule has 0 aliphatic heterocycles. The molecule has 1 aliphatic carbocycles. The number of carboxylic acids is 1. The zero-order valence-electron chi connectivity index (χ0n) is 19.0. The van der Waals surface area contributed by atoms with Gasteiger partial charge in [-0.05, 0) is 47.7 Å². The summed E-state index contributed by atoms with van der Waals surface area (Å²) in [5.41, 5.74) is 0.983. The lowest BCUT2D eigenvalue weighted by Gasteiger charge is -2.35. The molecule has 1 saturated carbocycles. The van der Waals surface area contributed by atoms with Gasteiger partial charge in [0.25, 0.3) is 0 Å². The molecule has 2 unspecified atom stereocenters. The number of ether oxygens (including phenoxy) is 1. The lowest BCUT2D eigenvalue weighted by atomic mass is 9.76. The monoisotopic (exact) mass is 491 g/mol. The molecule has 3 rings (SSSR count). The van der Waals surface area contributed by atoms with Gasteiger partial charge in [-0.15, -0.1) is 0 Å². The van der Waals surface area contributed by atoms with Gasteiger partial charge in [0.05, 0.1) is 0 Å². The minimum Gasteiger partial charge on any atom is -0.480 e. The first-order valence-electron chi connectivity index (χ1n) is 11.4. The van der Waals surface area contributed by atoms with E-state index in [4.69, 9.17) is 27.9 Å². The maximum absolute atomic E-state index is 12.9. The Balaban J connectivity index is 1.82. The molecule has 2 aromatic carbocycles. The molecule has 1 fully saturated rings. The van der Waals surface area contributed by atoms with Gasteiger partial charge in [0, 0.05) is 15.5 Å². The molecule has 2 aromatic rings. The molecule has 1 aliphatic rings. The highest BCUT2D eigenvalue weighted by atomic mass is 35.5. The third kappa shape index (κ3) is 6.87. The zero-order chi connectivity index (χ0) is 24.0. The molecule has 2 atom stereocenters. The van der Waals surface area contributed by atoms with Gasteiger partial charge in [-0.25, -0.2) is 9.59 Å². The van der Waals surface area contributed by atoms with E-state index in [9.17, 15) is 14.7 Å². The number of carboxylic acid groups (broad SMARTS) is 1. The van der Waals surface area contributed by atoms with Crippen LogP contribution in [0.3, 0.4) is 0 Å². The Bertz CT molecular complexity index is 955. The number of hydrogen-bond donors (Lipinski definition) is 2. The fourth-order valence-electron chi connectivity index (χ4n) is 4.57. The summed E-state index contributed by atoms with van der Waals surface area (Å²) < 4.78 is 5.91. The van der Waals surface area contributed by atoms with Crippen LogP contribution in [0.25, 0.3) is 0 Å². The van der Waals surface area contributed by atoms with Gasteiger partial charge in [0.2, 0.25) is 0 Å². The van der Waals surface area contributed by atoms with Crippen LogP contribution in [0, 0.1) is 5.92 Å². The molecule has 5 nitrogen and oxygen atoms in total. The van der Waals surface area contributed by atoms with Gasteiger partial charge in [-0.1, -0.05) is 93.4 Å². The number of carbonyl (C=O) groups excluding carboxylic acids is 1. The summed E-state index contributed by atoms with van der Waals surface area (Å²) in [5.74, 6) is -0.746. The molecule has 0 aromatic heterocycles. The number of amides is 1. The van der Waals surface area contributed by atoms with Gasteiger partial charge >= 0.3 is 12.1 Å². The summed E-state index contributed by atoms with van der Waals surface area (Å²) in [4.78, 5) is 24.8. The van der Waals surface area contributed by atoms with Crippen LogP contribution in [0.4, 0.5) is 4.79 Å². The topological polar surface area (TPSA) is 75.6 Å². The van der Waals surface area contributed by atoms with Crippen LogP contribution >= 0.6 is 23.2 Å². The van der Waals surface area contributed by atoms with Gasteiger partial charge in [0.15, 0.2) is 0 Å². The summed E-state index contributed by atoms with van der Waals surface area (Å²) in [6.45, 7) is 3.92. The van der Waals surface area contributed by atoms with E-state index < -0.39 is 29.6 Å². The molecule has 33 heavy (non-hydrogen) atoms. The molecule has 7 heteroatoms. The van der Waals surface area contributed by atoms with Gasteiger partial charge in [-0.2, -0.15) is 0 Å². The second-order valence-corrected chi connectivity index (χ2v) is 10.2. The van der Waals surface area contributed by atoms with E-state index >= 15 is 0 Å². The molecule has 0 bridgehead atoms. The summed E-state index contributed by atoms with van der Waals surface area (Å²) in [7, 11) is 0. The molecular formula is C26H31Cl2NO4. The summed E-state index contributed by atoms with van der Waals surface area (Å²) in [5, 5.41) is 13.5. The predicted molar refractivity (Wildman–Crippen MR) is 131 cm³/mol. The van der Waals surface area contributed by atoms with Crippen molar-refractivity contribution in [2.75, 3.05) is 0 Å². The highest BCUT2D eigenvalue weighted by Gasteiger charge is 2.37. The Morgan fingerprint density at radius 1 is 1.06 bits per heavy atom. The maximum atomic E-state index is 12.9. The first-order valence-corrected chi connectivity index (χ1v) is 12.1. The Kier molecular flexibility index (Phi) is 8.66. The van der Waals surface area contributed by atoms with E-state index in [1.165, 1.54) is 6.42 Å². The van der Waals surface area contributed by atoms with Crippen LogP contribution in [-0.4, -0.2) is 23.2 Å². The third-order valence-corrected chi connectivity index (χ3v) is 6.99. The fourth-order valence-corrected chi connectivity index (χ4v) is 4.89. The minimum atomic E-state index is -1.05. The van der Waals surface area contributed by atoms with E-state index in [2.05, 4.69) is 5.32 Å². The summed E-state index contributed by atoms with van der Waals surface area (Å²) >= 11 is 12.3. The highest BCUT2D eigenvalue weighted by molar-refractivity contribution is 6.30. The predicted octanol–water partition coefficient (Wildman–Crippen LogP) is 7.16. The number of nitrogens with one attached hydrogen (secondary N) is 1. The molecule has 178 valence electrons. The number of rotatable bonds is 8. The number of aliphatic carboxylic acids is 1. The van der Waals surface area contributed by atoms with E-state index in [0.29, 0.717) is 22.4 Å². The Morgan fingerprint density at radius 2 is 1.73 bits per heavy atom. The van der Waals surface area contributed by atoms with Crippen molar-refractivity contribution in [1.82, 2.24) is 5.32 Å². The Morgan fingerprint density at radius 3 is 2.33 bits per heavy atom. The van der Waals surface area contributed by atoms with Crippen LogP contribution in [-0.2, 0) is 14.9 Å². The van der Waals surface area contributed by atoms with E-state index in [1.54, 1.807) is 18.2 Å². The zero-order valence-corrected chi connectivity index (χ0v) is 20.5. The minimum absolute atomic E-state index is 0.301. The van der Waals surface area contributed by atoms with Crippen molar-refractivity contribution in [3.8, 4) is 0 Å².